The molecule has 1 fully saturated rings. The maximum absolute atomic E-state index is 5.51. The molecule has 2 aliphatic rings. The first-order valence-corrected chi connectivity index (χ1v) is 9.47. The summed E-state index contributed by atoms with van der Waals surface area (Å²) in [7, 11) is 2.26. The molecule has 2 aliphatic heterocycles. The van der Waals surface area contributed by atoms with E-state index in [-0.39, 0.29) is 0 Å². The van der Waals surface area contributed by atoms with E-state index in [2.05, 4.69) is 53.0 Å². The number of ether oxygens (including phenoxy) is 2. The monoisotopic (exact) mass is 353 g/mol. The highest BCUT2D eigenvalue weighted by Crippen LogP contribution is 2.36. The van der Waals surface area contributed by atoms with E-state index in [1.807, 2.05) is 18.3 Å². The van der Waals surface area contributed by atoms with Gasteiger partial charge in [-0.05, 0) is 51.1 Å². The molecule has 0 aliphatic carbocycles. The van der Waals surface area contributed by atoms with E-state index < -0.39 is 0 Å². The number of fused-ring (bicyclic) bond motifs is 1. The summed E-state index contributed by atoms with van der Waals surface area (Å²) in [6.45, 7) is 4.79. The van der Waals surface area contributed by atoms with E-state index >= 15 is 0 Å². The van der Waals surface area contributed by atoms with E-state index in [0.29, 0.717) is 18.9 Å². The van der Waals surface area contributed by atoms with Gasteiger partial charge in [0.1, 0.15) is 0 Å². The summed E-state index contributed by atoms with van der Waals surface area (Å²) in [5.41, 5.74) is 2.40. The molecular formula is C21H27N3O2. The number of benzene rings is 1. The number of piperidine rings is 1. The van der Waals surface area contributed by atoms with Gasteiger partial charge in [0.15, 0.2) is 11.5 Å². The predicted molar refractivity (Wildman–Crippen MR) is 103 cm³/mol. The van der Waals surface area contributed by atoms with Crippen LogP contribution < -0.4 is 14.4 Å². The van der Waals surface area contributed by atoms with Crippen molar-refractivity contribution in [1.82, 2.24) is 9.88 Å². The lowest BCUT2D eigenvalue weighted by Gasteiger charge is -2.40. The first kappa shape index (κ1) is 17.2. The second kappa shape index (κ2) is 7.54. The van der Waals surface area contributed by atoms with Crippen LogP contribution in [0.25, 0.3) is 0 Å². The minimum absolute atomic E-state index is 0.333. The molecule has 0 saturated carbocycles. The number of aromatic nitrogens is 1. The molecule has 138 valence electrons. The van der Waals surface area contributed by atoms with Gasteiger partial charge in [-0.3, -0.25) is 4.98 Å². The van der Waals surface area contributed by atoms with Crippen molar-refractivity contribution in [3.8, 4) is 11.5 Å². The fraction of sp³-hybridized carbons (Fsp3) is 0.476. The quantitative estimate of drug-likeness (QED) is 0.824. The van der Waals surface area contributed by atoms with Crippen LogP contribution in [0.15, 0.2) is 42.6 Å². The molecule has 1 saturated heterocycles. The molecule has 2 aromatic rings. The third-order valence-corrected chi connectivity index (χ3v) is 5.69. The summed E-state index contributed by atoms with van der Waals surface area (Å²) in [6.07, 6.45) is 5.24. The Labute approximate surface area is 155 Å². The molecule has 1 aromatic heterocycles. The second-order valence-electron chi connectivity index (χ2n) is 7.30. The van der Waals surface area contributed by atoms with Crippen molar-refractivity contribution in [3.05, 3.63) is 48.3 Å². The Balaban J connectivity index is 1.33. The molecule has 26 heavy (non-hydrogen) atoms. The molecule has 5 nitrogen and oxygen atoms in total. The van der Waals surface area contributed by atoms with Gasteiger partial charge in [0.25, 0.3) is 0 Å². The maximum atomic E-state index is 5.51. The lowest BCUT2D eigenvalue weighted by Crippen LogP contribution is -2.47. The molecule has 0 radical (unpaired) electrons. The van der Waals surface area contributed by atoms with Crippen LogP contribution in [0.3, 0.4) is 0 Å². The van der Waals surface area contributed by atoms with Crippen molar-refractivity contribution in [3.63, 3.8) is 0 Å². The average Bonchev–Trinajstić information content (AvgIpc) is 3.16. The van der Waals surface area contributed by atoms with Gasteiger partial charge in [-0.1, -0.05) is 6.07 Å². The van der Waals surface area contributed by atoms with Crippen LogP contribution >= 0.6 is 0 Å². The highest BCUT2D eigenvalue weighted by molar-refractivity contribution is 5.57. The summed E-state index contributed by atoms with van der Waals surface area (Å²) in [5, 5.41) is 0. The lowest BCUT2D eigenvalue weighted by atomic mass is 10.00. The number of hydrogen-bond acceptors (Lipinski definition) is 5. The summed E-state index contributed by atoms with van der Waals surface area (Å²) in [4.78, 5) is 9.46. The molecule has 5 heteroatoms. The molecule has 0 bridgehead atoms. The number of hydrogen-bond donors (Lipinski definition) is 0. The van der Waals surface area contributed by atoms with Gasteiger partial charge < -0.3 is 19.3 Å². The SMILES string of the molecule is C[C@@H](Cc1ccccn1)N(C)C1CCN(c2ccc3c(c2)OCO3)CC1. The molecule has 0 spiro atoms. The summed E-state index contributed by atoms with van der Waals surface area (Å²) >= 11 is 0. The maximum Gasteiger partial charge on any atom is 0.231 e. The summed E-state index contributed by atoms with van der Waals surface area (Å²) in [6, 6.07) is 13.5. The van der Waals surface area contributed by atoms with Gasteiger partial charge in [0.05, 0.1) is 0 Å². The van der Waals surface area contributed by atoms with Crippen LogP contribution in [0.2, 0.25) is 0 Å². The Hall–Kier alpha value is -2.27. The Morgan fingerprint density at radius 1 is 1.15 bits per heavy atom. The average molecular weight is 353 g/mol. The molecular weight excluding hydrogens is 326 g/mol. The normalized spacial score (nSPS) is 18.3. The fourth-order valence-corrected chi connectivity index (χ4v) is 3.94. The zero-order valence-electron chi connectivity index (χ0n) is 15.6. The second-order valence-corrected chi connectivity index (χ2v) is 7.30. The zero-order chi connectivity index (χ0) is 17.9. The van der Waals surface area contributed by atoms with Gasteiger partial charge in [0, 0.05) is 55.2 Å². The van der Waals surface area contributed by atoms with E-state index in [1.165, 1.54) is 24.2 Å². The lowest BCUT2D eigenvalue weighted by molar-refractivity contribution is 0.157. The van der Waals surface area contributed by atoms with Crippen LogP contribution in [0.4, 0.5) is 5.69 Å². The Bertz CT molecular complexity index is 729. The number of anilines is 1. The van der Waals surface area contributed by atoms with Crippen molar-refractivity contribution < 1.29 is 9.47 Å². The molecule has 0 N–H and O–H groups in total. The molecule has 1 aromatic carbocycles. The van der Waals surface area contributed by atoms with E-state index in [1.54, 1.807) is 0 Å². The minimum Gasteiger partial charge on any atom is -0.454 e. The molecule has 1 atom stereocenters. The zero-order valence-corrected chi connectivity index (χ0v) is 15.6. The van der Waals surface area contributed by atoms with Gasteiger partial charge in [-0.25, -0.2) is 0 Å². The van der Waals surface area contributed by atoms with Crippen LogP contribution in [-0.4, -0.2) is 48.9 Å². The first-order valence-electron chi connectivity index (χ1n) is 9.47. The number of likely N-dealkylation sites (N-methyl/N-ethyl adjacent to an activating group) is 1. The third kappa shape index (κ3) is 3.63. The van der Waals surface area contributed by atoms with Crippen LogP contribution in [-0.2, 0) is 6.42 Å². The number of pyridine rings is 1. The Kier molecular flexibility index (Phi) is 4.98. The standard InChI is InChI=1S/C21H27N3O2/c1-16(13-17-5-3-4-10-22-17)23(2)18-8-11-24(12-9-18)19-6-7-20-21(14-19)26-15-25-20/h3-7,10,14,16,18H,8-9,11-13,15H2,1-2H3/t16-/m0/s1. The highest BCUT2D eigenvalue weighted by Gasteiger charge is 2.26. The van der Waals surface area contributed by atoms with Gasteiger partial charge >= 0.3 is 0 Å². The first-order chi connectivity index (χ1) is 12.7. The van der Waals surface area contributed by atoms with Gasteiger partial charge in [0.2, 0.25) is 6.79 Å². The van der Waals surface area contributed by atoms with Crippen molar-refractivity contribution in [2.75, 3.05) is 31.8 Å². The van der Waals surface area contributed by atoms with Crippen molar-refractivity contribution in [1.29, 1.82) is 0 Å². The fourth-order valence-electron chi connectivity index (χ4n) is 3.94. The summed E-state index contributed by atoms with van der Waals surface area (Å²) in [5.74, 6) is 1.72. The predicted octanol–water partition coefficient (Wildman–Crippen LogP) is 3.34. The highest BCUT2D eigenvalue weighted by atomic mass is 16.7. The Morgan fingerprint density at radius 3 is 2.73 bits per heavy atom. The molecule has 4 rings (SSSR count). The van der Waals surface area contributed by atoms with E-state index in [4.69, 9.17) is 9.47 Å². The van der Waals surface area contributed by atoms with Crippen molar-refractivity contribution >= 4 is 5.69 Å². The van der Waals surface area contributed by atoms with Crippen LogP contribution in [0, 0.1) is 0 Å². The minimum atomic E-state index is 0.333. The number of rotatable bonds is 5. The molecule has 0 unspecified atom stereocenters. The van der Waals surface area contributed by atoms with Crippen LogP contribution in [0.5, 0.6) is 11.5 Å². The van der Waals surface area contributed by atoms with E-state index in [9.17, 15) is 0 Å². The summed E-state index contributed by atoms with van der Waals surface area (Å²) < 4.78 is 10.9. The number of nitrogens with zero attached hydrogens (tertiary/aromatic N) is 3. The third-order valence-electron chi connectivity index (χ3n) is 5.69. The Morgan fingerprint density at radius 2 is 1.96 bits per heavy atom. The molecule has 3 heterocycles. The van der Waals surface area contributed by atoms with E-state index in [0.717, 1.165) is 31.0 Å². The van der Waals surface area contributed by atoms with Crippen LogP contribution in [0.1, 0.15) is 25.5 Å². The largest absolute Gasteiger partial charge is 0.454 e. The van der Waals surface area contributed by atoms with Crippen molar-refractivity contribution in [2.45, 2.75) is 38.3 Å². The van der Waals surface area contributed by atoms with Crippen molar-refractivity contribution in [2.24, 2.45) is 0 Å². The molecule has 0 amide bonds. The van der Waals surface area contributed by atoms with Gasteiger partial charge in [-0.15, -0.1) is 0 Å². The topological polar surface area (TPSA) is 37.8 Å². The van der Waals surface area contributed by atoms with Gasteiger partial charge in [-0.2, -0.15) is 0 Å². The smallest absolute Gasteiger partial charge is 0.231 e.